The zero-order valence-electron chi connectivity index (χ0n) is 24.1. The van der Waals surface area contributed by atoms with Gasteiger partial charge in [0.05, 0.1) is 33.9 Å². The molecule has 45 heavy (non-hydrogen) atoms. The first kappa shape index (κ1) is 29.9. The topological polar surface area (TPSA) is 136 Å². The van der Waals surface area contributed by atoms with E-state index in [0.717, 1.165) is 21.7 Å². The molecule has 3 aromatic carbocycles. The molecule has 2 amide bonds. The van der Waals surface area contributed by atoms with Crippen LogP contribution in [0.25, 0.3) is 5.69 Å². The number of benzene rings is 3. The summed E-state index contributed by atoms with van der Waals surface area (Å²) in [6.45, 7) is 2.07. The highest BCUT2D eigenvalue weighted by molar-refractivity contribution is 7.99. The van der Waals surface area contributed by atoms with Gasteiger partial charge in [0, 0.05) is 29.8 Å². The Morgan fingerprint density at radius 1 is 1.00 bits per heavy atom. The number of amides is 2. The Morgan fingerprint density at radius 2 is 1.76 bits per heavy atom. The van der Waals surface area contributed by atoms with Gasteiger partial charge >= 0.3 is 0 Å². The molecule has 1 atom stereocenters. The summed E-state index contributed by atoms with van der Waals surface area (Å²) in [5.41, 5.74) is 3.98. The van der Waals surface area contributed by atoms with E-state index in [1.165, 1.54) is 23.9 Å². The maximum Gasteiger partial charge on any atom is 0.269 e. The Kier molecular flexibility index (Phi) is 8.80. The molecule has 11 nitrogen and oxygen atoms in total. The highest BCUT2D eigenvalue weighted by Gasteiger charge is 2.33. The molecule has 0 spiro atoms. The first-order valence-electron chi connectivity index (χ1n) is 14.0. The van der Waals surface area contributed by atoms with Gasteiger partial charge in [0.1, 0.15) is 0 Å². The van der Waals surface area contributed by atoms with E-state index in [1.54, 1.807) is 57.3 Å². The molecule has 1 aliphatic heterocycles. The SMILES string of the molecule is Cc1ccc(C2CC(c3cccs3)=NN2C(=O)CSc2nnc(CNC(=O)c3ccccc3)n2-c2ccc([N+](=O)[O-])cc2)cc1. The van der Waals surface area contributed by atoms with Crippen LogP contribution in [0.1, 0.15) is 44.6 Å². The molecule has 0 saturated heterocycles. The summed E-state index contributed by atoms with van der Waals surface area (Å²) in [6, 6.07) is 26.6. The number of hydrogen-bond donors (Lipinski definition) is 1. The maximum atomic E-state index is 13.7. The minimum atomic E-state index is -0.475. The minimum Gasteiger partial charge on any atom is -0.345 e. The summed E-state index contributed by atoms with van der Waals surface area (Å²) in [7, 11) is 0. The van der Waals surface area contributed by atoms with Gasteiger partial charge in [-0.25, -0.2) is 5.01 Å². The molecule has 2 aromatic heterocycles. The van der Waals surface area contributed by atoms with E-state index < -0.39 is 4.92 Å². The molecule has 6 rings (SSSR count). The van der Waals surface area contributed by atoms with Gasteiger partial charge in [-0.1, -0.05) is 65.9 Å². The van der Waals surface area contributed by atoms with Gasteiger partial charge in [-0.05, 0) is 48.2 Å². The first-order valence-corrected chi connectivity index (χ1v) is 15.9. The summed E-state index contributed by atoms with van der Waals surface area (Å²) < 4.78 is 1.69. The van der Waals surface area contributed by atoms with Crippen LogP contribution in [0.2, 0.25) is 0 Å². The average Bonchev–Trinajstić information content (AvgIpc) is 3.84. The molecule has 5 aromatic rings. The summed E-state index contributed by atoms with van der Waals surface area (Å²) in [5, 5.41) is 31.4. The van der Waals surface area contributed by atoms with Crippen molar-refractivity contribution in [1.29, 1.82) is 0 Å². The predicted molar refractivity (Wildman–Crippen MR) is 173 cm³/mol. The minimum absolute atomic E-state index is 0.0189. The number of rotatable bonds is 10. The highest BCUT2D eigenvalue weighted by Crippen LogP contribution is 2.35. The second kappa shape index (κ2) is 13.2. The van der Waals surface area contributed by atoms with Crippen LogP contribution in [-0.2, 0) is 11.3 Å². The van der Waals surface area contributed by atoms with Crippen molar-refractivity contribution in [2.45, 2.75) is 31.1 Å². The van der Waals surface area contributed by atoms with E-state index >= 15 is 0 Å². The second-order valence-electron chi connectivity index (χ2n) is 10.2. The number of hydrogen-bond acceptors (Lipinski definition) is 9. The molecule has 226 valence electrons. The number of thiophene rings is 1. The van der Waals surface area contributed by atoms with Crippen LogP contribution in [0, 0.1) is 17.0 Å². The van der Waals surface area contributed by atoms with Gasteiger partial charge in [0.2, 0.25) is 0 Å². The summed E-state index contributed by atoms with van der Waals surface area (Å²) >= 11 is 2.77. The molecule has 0 saturated carbocycles. The second-order valence-corrected chi connectivity index (χ2v) is 12.1. The molecule has 13 heteroatoms. The zero-order chi connectivity index (χ0) is 31.3. The monoisotopic (exact) mass is 637 g/mol. The van der Waals surface area contributed by atoms with Crippen molar-refractivity contribution in [3.63, 3.8) is 0 Å². The van der Waals surface area contributed by atoms with Gasteiger partial charge in [0.25, 0.3) is 17.5 Å². The number of hydrazone groups is 1. The number of nitrogens with one attached hydrogen (secondary N) is 1. The van der Waals surface area contributed by atoms with Crippen LogP contribution in [0.4, 0.5) is 5.69 Å². The molecular formula is C32H27N7O4S2. The van der Waals surface area contributed by atoms with Crippen LogP contribution >= 0.6 is 23.1 Å². The van der Waals surface area contributed by atoms with Gasteiger partial charge in [-0.15, -0.1) is 21.5 Å². The lowest BCUT2D eigenvalue weighted by Crippen LogP contribution is -2.28. The van der Waals surface area contributed by atoms with Crippen LogP contribution in [0.5, 0.6) is 0 Å². The number of nitro benzene ring substituents is 1. The maximum absolute atomic E-state index is 13.7. The number of nitrogens with zero attached hydrogens (tertiary/aromatic N) is 6. The lowest BCUT2D eigenvalue weighted by Gasteiger charge is -2.22. The van der Waals surface area contributed by atoms with Gasteiger partial charge < -0.3 is 5.32 Å². The quantitative estimate of drug-likeness (QED) is 0.114. The van der Waals surface area contributed by atoms with Gasteiger partial charge in [0.15, 0.2) is 11.0 Å². The highest BCUT2D eigenvalue weighted by atomic mass is 32.2. The molecule has 0 fully saturated rings. The van der Waals surface area contributed by atoms with E-state index in [0.29, 0.717) is 28.7 Å². The number of non-ortho nitro benzene ring substituents is 1. The van der Waals surface area contributed by atoms with E-state index in [2.05, 4.69) is 15.5 Å². The lowest BCUT2D eigenvalue weighted by molar-refractivity contribution is -0.384. The van der Waals surface area contributed by atoms with Crippen molar-refractivity contribution < 1.29 is 14.5 Å². The normalized spacial score (nSPS) is 14.3. The fourth-order valence-corrected chi connectivity index (χ4v) is 6.46. The Bertz CT molecular complexity index is 1860. The van der Waals surface area contributed by atoms with Crippen molar-refractivity contribution >= 4 is 46.3 Å². The smallest absolute Gasteiger partial charge is 0.269 e. The third-order valence-electron chi connectivity index (χ3n) is 7.22. The third kappa shape index (κ3) is 6.69. The number of aryl methyl sites for hydroxylation is 1. The summed E-state index contributed by atoms with van der Waals surface area (Å²) in [5.74, 6) is -0.0617. The first-order chi connectivity index (χ1) is 21.9. The van der Waals surface area contributed by atoms with E-state index in [-0.39, 0.29) is 35.8 Å². The van der Waals surface area contributed by atoms with Crippen LogP contribution < -0.4 is 5.32 Å². The number of nitro groups is 1. The Labute approximate surface area is 266 Å². The molecular weight excluding hydrogens is 611 g/mol. The van der Waals surface area contributed by atoms with E-state index in [4.69, 9.17) is 5.10 Å². The van der Waals surface area contributed by atoms with Crippen molar-refractivity contribution in [2.75, 3.05) is 5.75 Å². The lowest BCUT2D eigenvalue weighted by atomic mass is 10.00. The summed E-state index contributed by atoms with van der Waals surface area (Å²) in [4.78, 5) is 38.3. The zero-order valence-corrected chi connectivity index (χ0v) is 25.7. The predicted octanol–water partition coefficient (Wildman–Crippen LogP) is 5.95. The average molecular weight is 638 g/mol. The summed E-state index contributed by atoms with van der Waals surface area (Å²) in [6.07, 6.45) is 0.601. The molecule has 0 radical (unpaired) electrons. The number of aromatic nitrogens is 3. The fraction of sp³-hybridized carbons (Fsp3) is 0.156. The van der Waals surface area contributed by atoms with Gasteiger partial charge in [-0.3, -0.25) is 24.3 Å². The molecule has 0 aliphatic carbocycles. The van der Waals surface area contributed by atoms with Gasteiger partial charge in [-0.2, -0.15) is 5.10 Å². The van der Waals surface area contributed by atoms with Crippen molar-refractivity contribution in [1.82, 2.24) is 25.1 Å². The van der Waals surface area contributed by atoms with Crippen LogP contribution in [-0.4, -0.2) is 48.0 Å². The molecule has 1 unspecified atom stereocenters. The van der Waals surface area contributed by atoms with Crippen molar-refractivity contribution in [3.8, 4) is 5.69 Å². The van der Waals surface area contributed by atoms with Crippen LogP contribution in [0.15, 0.2) is 107 Å². The molecule has 3 heterocycles. The Hall–Kier alpha value is -5.14. The molecule has 1 N–H and O–H groups in total. The standard InChI is InChI=1S/C32H27N7O4S2/c1-21-9-11-22(12-10-21)27-18-26(28-8-5-17-44-28)36-38(27)30(40)20-45-32-35-34-29(19-33-31(41)23-6-3-2-4-7-23)37(32)24-13-15-25(16-14-24)39(42)43/h2-17,27H,18-20H2,1H3,(H,33,41). The largest absolute Gasteiger partial charge is 0.345 e. The molecule has 0 bridgehead atoms. The van der Waals surface area contributed by atoms with Crippen molar-refractivity contribution in [3.05, 3.63) is 134 Å². The van der Waals surface area contributed by atoms with Crippen LogP contribution in [0.3, 0.4) is 0 Å². The number of carbonyl (C=O) groups is 2. The van der Waals surface area contributed by atoms with Crippen molar-refractivity contribution in [2.24, 2.45) is 5.10 Å². The fourth-order valence-electron chi connectivity index (χ4n) is 4.91. The van der Waals surface area contributed by atoms with E-state index in [9.17, 15) is 19.7 Å². The number of carbonyl (C=O) groups excluding carboxylic acids is 2. The Balaban J connectivity index is 1.25. The third-order valence-corrected chi connectivity index (χ3v) is 9.05. The molecule has 1 aliphatic rings. The number of thioether (sulfide) groups is 1. The Morgan fingerprint density at radius 3 is 2.44 bits per heavy atom. The van der Waals surface area contributed by atoms with E-state index in [1.807, 2.05) is 54.8 Å².